The molecule has 1 heterocycles. The molecule has 1 aliphatic carbocycles. The molecule has 1 atom stereocenters. The van der Waals surface area contributed by atoms with Gasteiger partial charge in [-0.3, -0.25) is 0 Å². The van der Waals surface area contributed by atoms with E-state index in [4.69, 9.17) is 4.42 Å². The van der Waals surface area contributed by atoms with Crippen molar-refractivity contribution in [3.63, 3.8) is 0 Å². The van der Waals surface area contributed by atoms with E-state index in [1.165, 1.54) is 32.1 Å². The lowest BCUT2D eigenvalue weighted by molar-refractivity contribution is 0.437. The first-order valence-electron chi connectivity index (χ1n) is 6.89. The van der Waals surface area contributed by atoms with Gasteiger partial charge in [-0.25, -0.2) is 0 Å². The van der Waals surface area contributed by atoms with E-state index in [2.05, 4.69) is 39.9 Å². The summed E-state index contributed by atoms with van der Waals surface area (Å²) in [6, 6.07) is 2.30. The molecular formula is C14H22BrNOS. The van der Waals surface area contributed by atoms with Crippen molar-refractivity contribution in [3.05, 3.63) is 22.6 Å². The van der Waals surface area contributed by atoms with Crippen LogP contribution in [0.3, 0.4) is 0 Å². The van der Waals surface area contributed by atoms with Crippen LogP contribution in [0.4, 0.5) is 0 Å². The van der Waals surface area contributed by atoms with Crippen molar-refractivity contribution in [2.45, 2.75) is 50.3 Å². The Morgan fingerprint density at radius 3 is 2.83 bits per heavy atom. The van der Waals surface area contributed by atoms with Crippen molar-refractivity contribution < 1.29 is 4.42 Å². The molecule has 0 aromatic carbocycles. The van der Waals surface area contributed by atoms with E-state index in [1.807, 2.05) is 6.07 Å². The SMILES string of the molecule is CCNC(CSC1CCCCC1)c1occc1Br. The van der Waals surface area contributed by atoms with E-state index < -0.39 is 0 Å². The molecule has 1 fully saturated rings. The van der Waals surface area contributed by atoms with E-state index in [9.17, 15) is 0 Å². The van der Waals surface area contributed by atoms with Crippen LogP contribution in [0.1, 0.15) is 50.8 Å². The Morgan fingerprint density at radius 1 is 1.44 bits per heavy atom. The third kappa shape index (κ3) is 4.04. The molecule has 1 aromatic heterocycles. The first-order valence-corrected chi connectivity index (χ1v) is 8.73. The van der Waals surface area contributed by atoms with Crippen LogP contribution >= 0.6 is 27.7 Å². The second-order valence-electron chi connectivity index (χ2n) is 4.84. The van der Waals surface area contributed by atoms with Gasteiger partial charge >= 0.3 is 0 Å². The summed E-state index contributed by atoms with van der Waals surface area (Å²) in [5.41, 5.74) is 0. The lowest BCUT2D eigenvalue weighted by atomic mass is 10.0. The summed E-state index contributed by atoms with van der Waals surface area (Å²) in [5, 5.41) is 4.38. The van der Waals surface area contributed by atoms with Crippen LogP contribution in [0.5, 0.6) is 0 Å². The van der Waals surface area contributed by atoms with Gasteiger partial charge in [0.1, 0.15) is 5.76 Å². The van der Waals surface area contributed by atoms with E-state index >= 15 is 0 Å². The molecule has 18 heavy (non-hydrogen) atoms. The fraction of sp³-hybridized carbons (Fsp3) is 0.714. The minimum atomic E-state index is 0.325. The van der Waals surface area contributed by atoms with Gasteiger partial charge in [0.2, 0.25) is 0 Å². The lowest BCUT2D eigenvalue weighted by Gasteiger charge is -2.23. The number of furan rings is 1. The lowest BCUT2D eigenvalue weighted by Crippen LogP contribution is -2.24. The van der Waals surface area contributed by atoms with E-state index in [1.54, 1.807) is 6.26 Å². The Bertz CT molecular complexity index is 349. The molecule has 2 nitrogen and oxygen atoms in total. The van der Waals surface area contributed by atoms with Crippen LogP contribution in [0, 0.1) is 0 Å². The molecule has 1 unspecified atom stereocenters. The van der Waals surface area contributed by atoms with E-state index in [-0.39, 0.29) is 0 Å². The number of nitrogens with one attached hydrogen (secondary N) is 1. The first-order chi connectivity index (χ1) is 8.81. The van der Waals surface area contributed by atoms with Gasteiger partial charge in [-0.2, -0.15) is 11.8 Å². The minimum absolute atomic E-state index is 0.325. The summed E-state index contributed by atoms with van der Waals surface area (Å²) in [6.45, 7) is 3.12. The fourth-order valence-corrected chi connectivity index (χ4v) is 4.37. The second-order valence-corrected chi connectivity index (χ2v) is 7.02. The van der Waals surface area contributed by atoms with Gasteiger partial charge in [0.25, 0.3) is 0 Å². The normalized spacial score (nSPS) is 19.0. The molecule has 1 saturated carbocycles. The Morgan fingerprint density at radius 2 is 2.22 bits per heavy atom. The highest BCUT2D eigenvalue weighted by Gasteiger charge is 2.20. The van der Waals surface area contributed by atoms with Gasteiger partial charge in [-0.1, -0.05) is 26.2 Å². The zero-order valence-electron chi connectivity index (χ0n) is 11.0. The summed E-state index contributed by atoms with van der Waals surface area (Å²) >= 11 is 5.67. The Balaban J connectivity index is 1.88. The van der Waals surface area contributed by atoms with Crippen LogP contribution in [-0.4, -0.2) is 17.5 Å². The Labute approximate surface area is 122 Å². The van der Waals surface area contributed by atoms with Crippen LogP contribution in [0.25, 0.3) is 0 Å². The third-order valence-electron chi connectivity index (χ3n) is 3.46. The molecule has 4 heteroatoms. The summed E-state index contributed by atoms with van der Waals surface area (Å²) in [6.07, 6.45) is 8.79. The predicted molar refractivity (Wildman–Crippen MR) is 82.2 cm³/mol. The molecule has 0 bridgehead atoms. The van der Waals surface area contributed by atoms with Crippen molar-refractivity contribution in [1.82, 2.24) is 5.32 Å². The minimum Gasteiger partial charge on any atom is -0.466 e. The average molecular weight is 332 g/mol. The number of halogens is 1. The first kappa shape index (κ1) is 14.5. The van der Waals surface area contributed by atoms with Crippen LogP contribution < -0.4 is 5.32 Å². The maximum atomic E-state index is 5.60. The van der Waals surface area contributed by atoms with Crippen molar-refractivity contribution >= 4 is 27.7 Å². The molecule has 0 spiro atoms. The quantitative estimate of drug-likeness (QED) is 0.813. The standard InChI is InChI=1S/C14H22BrNOS/c1-2-16-13(14-12(15)8-9-17-14)10-18-11-6-4-3-5-7-11/h8-9,11,13,16H,2-7,10H2,1H3. The summed E-state index contributed by atoms with van der Waals surface area (Å²) in [4.78, 5) is 0. The zero-order chi connectivity index (χ0) is 12.8. The highest BCUT2D eigenvalue weighted by molar-refractivity contribution is 9.10. The Kier molecular flexibility index (Phi) is 6.12. The molecule has 1 aliphatic rings. The highest BCUT2D eigenvalue weighted by Crippen LogP contribution is 2.33. The Hall–Kier alpha value is 0.0700. The molecule has 0 amide bonds. The number of hydrogen-bond donors (Lipinski definition) is 1. The van der Waals surface area contributed by atoms with Crippen LogP contribution in [-0.2, 0) is 0 Å². The highest BCUT2D eigenvalue weighted by atomic mass is 79.9. The van der Waals surface area contributed by atoms with Gasteiger partial charge < -0.3 is 9.73 Å². The van der Waals surface area contributed by atoms with Crippen LogP contribution in [0.2, 0.25) is 0 Å². The average Bonchev–Trinajstić information content (AvgIpc) is 2.82. The number of rotatable bonds is 6. The molecule has 2 rings (SSSR count). The third-order valence-corrected chi connectivity index (χ3v) is 5.59. The molecular weight excluding hydrogens is 310 g/mol. The van der Waals surface area contributed by atoms with Gasteiger partial charge in [0.15, 0.2) is 0 Å². The van der Waals surface area contributed by atoms with Gasteiger partial charge in [0, 0.05) is 11.0 Å². The summed E-state index contributed by atoms with van der Waals surface area (Å²) in [7, 11) is 0. The van der Waals surface area contributed by atoms with Crippen LogP contribution in [0.15, 0.2) is 21.2 Å². The van der Waals surface area contributed by atoms with Gasteiger partial charge in [-0.15, -0.1) is 0 Å². The molecule has 1 N–H and O–H groups in total. The molecule has 0 saturated heterocycles. The van der Waals surface area contributed by atoms with Crippen molar-refractivity contribution in [1.29, 1.82) is 0 Å². The predicted octanol–water partition coefficient (Wildman–Crippen LogP) is 4.76. The van der Waals surface area contributed by atoms with Crippen molar-refractivity contribution in [2.24, 2.45) is 0 Å². The largest absolute Gasteiger partial charge is 0.466 e. The van der Waals surface area contributed by atoms with Gasteiger partial charge in [-0.05, 0) is 41.4 Å². The van der Waals surface area contributed by atoms with E-state index in [0.717, 1.165) is 27.8 Å². The molecule has 0 aliphatic heterocycles. The zero-order valence-corrected chi connectivity index (χ0v) is 13.4. The topological polar surface area (TPSA) is 25.2 Å². The summed E-state index contributed by atoms with van der Waals surface area (Å²) in [5.74, 6) is 2.14. The maximum Gasteiger partial charge on any atom is 0.135 e. The van der Waals surface area contributed by atoms with E-state index in [0.29, 0.717) is 6.04 Å². The molecule has 102 valence electrons. The fourth-order valence-electron chi connectivity index (χ4n) is 2.49. The van der Waals surface area contributed by atoms with Crippen molar-refractivity contribution in [3.8, 4) is 0 Å². The van der Waals surface area contributed by atoms with Crippen molar-refractivity contribution in [2.75, 3.05) is 12.3 Å². The maximum absolute atomic E-state index is 5.60. The molecule has 1 aromatic rings. The monoisotopic (exact) mass is 331 g/mol. The number of hydrogen-bond acceptors (Lipinski definition) is 3. The van der Waals surface area contributed by atoms with Gasteiger partial charge in [0.05, 0.1) is 16.8 Å². The second kappa shape index (κ2) is 7.61. The summed E-state index contributed by atoms with van der Waals surface area (Å²) < 4.78 is 6.68. The number of thioether (sulfide) groups is 1. The molecule has 0 radical (unpaired) electrons. The smallest absolute Gasteiger partial charge is 0.135 e.